The van der Waals surface area contributed by atoms with E-state index in [-0.39, 0.29) is 11.9 Å². The fourth-order valence-corrected chi connectivity index (χ4v) is 2.74. The van der Waals surface area contributed by atoms with Crippen molar-refractivity contribution < 1.29 is 4.79 Å². The highest BCUT2D eigenvalue weighted by atomic mass is 35.5. The highest BCUT2D eigenvalue weighted by Crippen LogP contribution is 2.44. The van der Waals surface area contributed by atoms with Gasteiger partial charge in [0.05, 0.1) is 22.2 Å². The smallest absolute Gasteiger partial charge is 0.233 e. The van der Waals surface area contributed by atoms with Gasteiger partial charge in [-0.25, -0.2) is 0 Å². The number of rotatable bonds is 2. The number of β-lactam (4-membered cyclic amide) rings is 1. The van der Waals surface area contributed by atoms with Crippen LogP contribution < -0.4 is 5.32 Å². The van der Waals surface area contributed by atoms with E-state index in [1.807, 2.05) is 25.1 Å². The highest BCUT2D eigenvalue weighted by Gasteiger charge is 2.53. The molecule has 1 aromatic heterocycles. The van der Waals surface area contributed by atoms with Crippen molar-refractivity contribution in [1.82, 2.24) is 10.3 Å². The maximum absolute atomic E-state index is 12.1. The van der Waals surface area contributed by atoms with Crippen LogP contribution in [0.3, 0.4) is 0 Å². The molecule has 0 spiro atoms. The fraction of sp³-hybridized carbons (Fsp3) is 0.200. The van der Waals surface area contributed by atoms with Crippen LogP contribution in [0.1, 0.15) is 24.2 Å². The Kier molecular flexibility index (Phi) is 3.19. The molecule has 1 N–H and O–H groups in total. The first-order valence-corrected chi connectivity index (χ1v) is 6.96. The van der Waals surface area contributed by atoms with Crippen LogP contribution in [0, 0.1) is 0 Å². The summed E-state index contributed by atoms with van der Waals surface area (Å²) in [5, 5.41) is 4.13. The Morgan fingerprint density at radius 3 is 2.30 bits per heavy atom. The van der Waals surface area contributed by atoms with E-state index < -0.39 is 5.41 Å². The molecule has 2 atom stereocenters. The summed E-state index contributed by atoms with van der Waals surface area (Å²) >= 11 is 11.7. The molecule has 20 heavy (non-hydrogen) atoms. The first kappa shape index (κ1) is 13.4. The Balaban J connectivity index is 1.99. The normalized spacial score (nSPS) is 24.9. The van der Waals surface area contributed by atoms with Gasteiger partial charge >= 0.3 is 0 Å². The van der Waals surface area contributed by atoms with E-state index in [0.29, 0.717) is 10.0 Å². The lowest BCUT2D eigenvalue weighted by Gasteiger charge is -2.46. The van der Waals surface area contributed by atoms with E-state index in [1.165, 1.54) is 0 Å². The number of hydrogen-bond acceptors (Lipinski definition) is 2. The van der Waals surface area contributed by atoms with Crippen molar-refractivity contribution in [1.29, 1.82) is 0 Å². The third-order valence-corrected chi connectivity index (χ3v) is 4.29. The molecule has 0 bridgehead atoms. The number of carbonyl (C=O) groups is 1. The quantitative estimate of drug-likeness (QED) is 0.863. The maximum atomic E-state index is 12.1. The summed E-state index contributed by atoms with van der Waals surface area (Å²) in [7, 11) is 0. The predicted octanol–water partition coefficient (Wildman–Crippen LogP) is 3.52. The standard InChI is InChI=1S/C15H12Cl2N2O/c1-15(9-2-4-10(16)5-3-9)13(19-14(15)20)12-7-6-11(17)8-18-12/h2-8,13H,1H3,(H,19,20). The summed E-state index contributed by atoms with van der Waals surface area (Å²) in [4.78, 5) is 16.4. The van der Waals surface area contributed by atoms with E-state index >= 15 is 0 Å². The molecule has 3 rings (SSSR count). The van der Waals surface area contributed by atoms with Gasteiger partial charge in [-0.05, 0) is 36.8 Å². The topological polar surface area (TPSA) is 42.0 Å². The molecule has 1 aliphatic heterocycles. The lowest BCUT2D eigenvalue weighted by atomic mass is 9.68. The van der Waals surface area contributed by atoms with E-state index in [0.717, 1.165) is 11.3 Å². The van der Waals surface area contributed by atoms with Crippen molar-refractivity contribution >= 4 is 29.1 Å². The zero-order valence-electron chi connectivity index (χ0n) is 10.7. The zero-order chi connectivity index (χ0) is 14.3. The predicted molar refractivity (Wildman–Crippen MR) is 78.9 cm³/mol. The number of aromatic nitrogens is 1. The summed E-state index contributed by atoms with van der Waals surface area (Å²) in [6.07, 6.45) is 1.59. The number of hydrogen-bond donors (Lipinski definition) is 1. The Morgan fingerprint density at radius 1 is 1.10 bits per heavy atom. The van der Waals surface area contributed by atoms with Crippen molar-refractivity contribution in [3.05, 3.63) is 63.9 Å². The van der Waals surface area contributed by atoms with Gasteiger partial charge in [-0.1, -0.05) is 35.3 Å². The number of benzene rings is 1. The van der Waals surface area contributed by atoms with Gasteiger partial charge < -0.3 is 5.32 Å². The molecule has 1 aliphatic rings. The van der Waals surface area contributed by atoms with Gasteiger partial charge in [-0.2, -0.15) is 0 Å². The third-order valence-electron chi connectivity index (χ3n) is 3.81. The number of amides is 1. The van der Waals surface area contributed by atoms with Crippen LogP contribution in [0.15, 0.2) is 42.6 Å². The number of halogens is 2. The second kappa shape index (κ2) is 4.76. The van der Waals surface area contributed by atoms with Gasteiger partial charge in [0, 0.05) is 11.2 Å². The summed E-state index contributed by atoms with van der Waals surface area (Å²) in [5.41, 5.74) is 1.09. The second-order valence-corrected chi connectivity index (χ2v) is 5.89. The molecule has 1 fully saturated rings. The van der Waals surface area contributed by atoms with Crippen LogP contribution in [0.2, 0.25) is 10.0 Å². The Morgan fingerprint density at radius 2 is 1.75 bits per heavy atom. The SMILES string of the molecule is CC1(c2ccc(Cl)cc2)C(=O)NC1c1ccc(Cl)cn1. The summed E-state index contributed by atoms with van der Waals surface area (Å²) in [6, 6.07) is 10.8. The molecule has 2 heterocycles. The van der Waals surface area contributed by atoms with E-state index in [4.69, 9.17) is 23.2 Å². The van der Waals surface area contributed by atoms with Crippen molar-refractivity contribution in [2.24, 2.45) is 0 Å². The molecule has 2 unspecified atom stereocenters. The maximum Gasteiger partial charge on any atom is 0.233 e. The Labute approximate surface area is 126 Å². The third kappa shape index (κ3) is 1.98. The van der Waals surface area contributed by atoms with Crippen LogP contribution in [0.5, 0.6) is 0 Å². The first-order valence-electron chi connectivity index (χ1n) is 6.20. The first-order chi connectivity index (χ1) is 9.51. The molecule has 0 radical (unpaired) electrons. The molecular formula is C15H12Cl2N2O. The molecule has 1 amide bonds. The molecule has 102 valence electrons. The average Bonchev–Trinajstić information content (AvgIpc) is 2.46. The fourth-order valence-electron chi connectivity index (χ4n) is 2.50. The number of nitrogens with zero attached hydrogens (tertiary/aromatic N) is 1. The van der Waals surface area contributed by atoms with E-state index in [9.17, 15) is 4.79 Å². The molecule has 0 aliphatic carbocycles. The Hall–Kier alpha value is -1.58. The largest absolute Gasteiger partial charge is 0.345 e. The van der Waals surface area contributed by atoms with E-state index in [2.05, 4.69) is 10.3 Å². The minimum atomic E-state index is -0.634. The van der Waals surface area contributed by atoms with Crippen LogP contribution in [0.25, 0.3) is 0 Å². The van der Waals surface area contributed by atoms with E-state index in [1.54, 1.807) is 24.4 Å². The monoisotopic (exact) mass is 306 g/mol. The van der Waals surface area contributed by atoms with Crippen LogP contribution >= 0.6 is 23.2 Å². The van der Waals surface area contributed by atoms with Gasteiger partial charge in [0.2, 0.25) is 5.91 Å². The molecule has 0 saturated carbocycles. The minimum Gasteiger partial charge on any atom is -0.345 e. The molecule has 5 heteroatoms. The van der Waals surface area contributed by atoms with Gasteiger partial charge in [-0.3, -0.25) is 9.78 Å². The number of carbonyl (C=O) groups excluding carboxylic acids is 1. The summed E-state index contributed by atoms with van der Waals surface area (Å²) in [5.74, 6) is -0.0124. The molecular weight excluding hydrogens is 295 g/mol. The molecule has 3 nitrogen and oxygen atoms in total. The lowest BCUT2D eigenvalue weighted by Crippen LogP contribution is -2.62. The zero-order valence-corrected chi connectivity index (χ0v) is 12.2. The molecule has 1 saturated heterocycles. The van der Waals surface area contributed by atoms with Gasteiger partial charge in [0.25, 0.3) is 0 Å². The molecule has 2 aromatic rings. The highest BCUT2D eigenvalue weighted by molar-refractivity contribution is 6.30. The van der Waals surface area contributed by atoms with Gasteiger partial charge in [-0.15, -0.1) is 0 Å². The van der Waals surface area contributed by atoms with Crippen LogP contribution in [-0.2, 0) is 10.2 Å². The average molecular weight is 307 g/mol. The lowest BCUT2D eigenvalue weighted by molar-refractivity contribution is -0.137. The molecule has 1 aromatic carbocycles. The number of nitrogens with one attached hydrogen (secondary N) is 1. The summed E-state index contributed by atoms with van der Waals surface area (Å²) in [6.45, 7) is 1.91. The van der Waals surface area contributed by atoms with Crippen molar-refractivity contribution in [2.75, 3.05) is 0 Å². The van der Waals surface area contributed by atoms with Crippen LogP contribution in [-0.4, -0.2) is 10.9 Å². The number of pyridine rings is 1. The van der Waals surface area contributed by atoms with Gasteiger partial charge in [0.15, 0.2) is 0 Å². The second-order valence-electron chi connectivity index (χ2n) is 5.02. The van der Waals surface area contributed by atoms with Crippen molar-refractivity contribution in [2.45, 2.75) is 18.4 Å². The summed E-state index contributed by atoms with van der Waals surface area (Å²) < 4.78 is 0. The minimum absolute atomic E-state index is 0.0124. The van der Waals surface area contributed by atoms with Crippen LogP contribution in [0.4, 0.5) is 0 Å². The Bertz CT molecular complexity index is 655. The van der Waals surface area contributed by atoms with Gasteiger partial charge in [0.1, 0.15) is 0 Å². The van der Waals surface area contributed by atoms with Crippen molar-refractivity contribution in [3.63, 3.8) is 0 Å². The van der Waals surface area contributed by atoms with Crippen molar-refractivity contribution in [3.8, 4) is 0 Å².